The Morgan fingerprint density at radius 1 is 1.36 bits per heavy atom. The number of sulfonamides is 1. The third-order valence-electron chi connectivity index (χ3n) is 4.38. The molecule has 1 unspecified atom stereocenters. The first-order valence-corrected chi connectivity index (χ1v) is 11.4. The van der Waals surface area contributed by atoms with Crippen molar-refractivity contribution in [1.82, 2.24) is 9.29 Å². The normalized spacial score (nSPS) is 17.8. The number of fused-ring (bicyclic) bond motifs is 1. The molecule has 1 amide bonds. The van der Waals surface area contributed by atoms with Crippen LogP contribution < -0.4 is 5.32 Å². The van der Waals surface area contributed by atoms with E-state index in [0.29, 0.717) is 23.1 Å². The van der Waals surface area contributed by atoms with Crippen LogP contribution in [0.25, 0.3) is 10.2 Å². The van der Waals surface area contributed by atoms with Crippen LogP contribution in [0.15, 0.2) is 39.9 Å². The standard InChI is InChI=1S/C16H14N4O5S3/c21-15(12-3-1-7-19(12)28(24,25)14-4-2-8-26-14)18-16-17-11-9-10(20(22)23)5-6-13(11)27-16/h2,4-6,8-9,12H,1,3,7H2,(H,17,18,21). The van der Waals surface area contributed by atoms with Crippen molar-refractivity contribution < 1.29 is 18.1 Å². The lowest BCUT2D eigenvalue weighted by Crippen LogP contribution is -2.42. The monoisotopic (exact) mass is 438 g/mol. The van der Waals surface area contributed by atoms with Crippen LogP contribution in [0.1, 0.15) is 12.8 Å². The summed E-state index contributed by atoms with van der Waals surface area (Å²) in [6, 6.07) is 6.65. The fourth-order valence-corrected chi connectivity index (χ4v) is 6.71. The highest BCUT2D eigenvalue weighted by Crippen LogP contribution is 2.31. The van der Waals surface area contributed by atoms with E-state index in [9.17, 15) is 23.3 Å². The van der Waals surface area contributed by atoms with Crippen molar-refractivity contribution in [3.05, 3.63) is 45.8 Å². The molecule has 28 heavy (non-hydrogen) atoms. The molecule has 12 heteroatoms. The number of amides is 1. The Morgan fingerprint density at radius 3 is 2.89 bits per heavy atom. The number of anilines is 1. The summed E-state index contributed by atoms with van der Waals surface area (Å²) in [5.74, 6) is -0.453. The smallest absolute Gasteiger partial charge is 0.271 e. The van der Waals surface area contributed by atoms with Gasteiger partial charge in [0.15, 0.2) is 5.13 Å². The van der Waals surface area contributed by atoms with Crippen molar-refractivity contribution in [2.24, 2.45) is 0 Å². The second-order valence-corrected chi connectivity index (χ2v) is 10.2. The van der Waals surface area contributed by atoms with Crippen LogP contribution in [0.3, 0.4) is 0 Å². The highest BCUT2D eigenvalue weighted by Gasteiger charge is 2.40. The Kier molecular flexibility index (Phi) is 4.87. The van der Waals surface area contributed by atoms with E-state index in [1.807, 2.05) is 0 Å². The van der Waals surface area contributed by atoms with Crippen LogP contribution in [-0.2, 0) is 14.8 Å². The molecule has 146 valence electrons. The maximum Gasteiger partial charge on any atom is 0.271 e. The quantitative estimate of drug-likeness (QED) is 0.482. The van der Waals surface area contributed by atoms with E-state index in [2.05, 4.69) is 10.3 Å². The van der Waals surface area contributed by atoms with Gasteiger partial charge in [0.25, 0.3) is 15.7 Å². The Labute approximate surface area is 167 Å². The summed E-state index contributed by atoms with van der Waals surface area (Å²) in [5.41, 5.74) is 0.323. The Balaban J connectivity index is 1.56. The fourth-order valence-electron chi connectivity index (χ4n) is 3.09. The summed E-state index contributed by atoms with van der Waals surface area (Å²) >= 11 is 2.29. The minimum atomic E-state index is -3.72. The minimum absolute atomic E-state index is 0.0836. The number of carbonyl (C=O) groups excluding carboxylic acids is 1. The first-order chi connectivity index (χ1) is 13.4. The summed E-state index contributed by atoms with van der Waals surface area (Å²) in [7, 11) is -3.72. The highest BCUT2D eigenvalue weighted by atomic mass is 32.2. The molecular formula is C16H14N4O5S3. The molecule has 0 spiro atoms. The number of nitro groups is 1. The zero-order chi connectivity index (χ0) is 19.9. The molecular weight excluding hydrogens is 424 g/mol. The summed E-state index contributed by atoms with van der Waals surface area (Å²) in [5, 5.41) is 15.5. The molecule has 2 aromatic heterocycles. The molecule has 1 N–H and O–H groups in total. The zero-order valence-corrected chi connectivity index (χ0v) is 16.7. The fraction of sp³-hybridized carbons (Fsp3) is 0.250. The SMILES string of the molecule is O=C(Nc1nc2cc([N+](=O)[O-])ccc2s1)C1CCCN1S(=O)(=O)c1cccs1. The van der Waals surface area contributed by atoms with Gasteiger partial charge in [-0.2, -0.15) is 4.31 Å². The third kappa shape index (κ3) is 3.39. The van der Waals surface area contributed by atoms with Crippen molar-refractivity contribution in [2.75, 3.05) is 11.9 Å². The van der Waals surface area contributed by atoms with Gasteiger partial charge in [-0.3, -0.25) is 14.9 Å². The molecule has 0 radical (unpaired) electrons. The largest absolute Gasteiger partial charge is 0.301 e. The molecule has 1 atom stereocenters. The van der Waals surface area contributed by atoms with Crippen LogP contribution in [0.5, 0.6) is 0 Å². The lowest BCUT2D eigenvalue weighted by Gasteiger charge is -2.22. The van der Waals surface area contributed by atoms with E-state index in [4.69, 9.17) is 0 Å². The lowest BCUT2D eigenvalue weighted by atomic mass is 10.2. The van der Waals surface area contributed by atoms with Gasteiger partial charge in [-0.15, -0.1) is 11.3 Å². The van der Waals surface area contributed by atoms with Crippen LogP contribution in [0, 0.1) is 10.1 Å². The number of rotatable bonds is 5. The van der Waals surface area contributed by atoms with Crippen molar-refractivity contribution in [3.63, 3.8) is 0 Å². The second-order valence-electron chi connectivity index (χ2n) is 6.12. The number of hydrogen-bond acceptors (Lipinski definition) is 8. The Bertz CT molecular complexity index is 1160. The first-order valence-electron chi connectivity index (χ1n) is 8.27. The molecule has 1 aliphatic rings. The van der Waals surface area contributed by atoms with Gasteiger partial charge in [0.2, 0.25) is 5.91 Å². The van der Waals surface area contributed by atoms with E-state index in [0.717, 1.165) is 11.3 Å². The highest BCUT2D eigenvalue weighted by molar-refractivity contribution is 7.91. The van der Waals surface area contributed by atoms with Crippen LogP contribution in [0.4, 0.5) is 10.8 Å². The van der Waals surface area contributed by atoms with E-state index >= 15 is 0 Å². The number of thiophene rings is 1. The first kappa shape index (κ1) is 18.9. The van der Waals surface area contributed by atoms with Crippen molar-refractivity contribution >= 4 is 59.6 Å². The zero-order valence-electron chi connectivity index (χ0n) is 14.3. The van der Waals surface area contributed by atoms with Gasteiger partial charge in [-0.1, -0.05) is 17.4 Å². The predicted molar refractivity (Wildman–Crippen MR) is 106 cm³/mol. The molecule has 9 nitrogen and oxygen atoms in total. The molecule has 1 fully saturated rings. The van der Waals surface area contributed by atoms with Gasteiger partial charge in [-0.25, -0.2) is 13.4 Å². The summed E-state index contributed by atoms with van der Waals surface area (Å²) in [4.78, 5) is 27.3. The molecule has 1 saturated heterocycles. The van der Waals surface area contributed by atoms with E-state index < -0.39 is 26.9 Å². The number of carbonyl (C=O) groups is 1. The number of nitrogens with zero attached hydrogens (tertiary/aromatic N) is 3. The van der Waals surface area contributed by atoms with Crippen molar-refractivity contribution in [1.29, 1.82) is 0 Å². The maximum absolute atomic E-state index is 12.8. The molecule has 4 rings (SSSR count). The molecule has 0 saturated carbocycles. The van der Waals surface area contributed by atoms with E-state index in [1.54, 1.807) is 17.5 Å². The van der Waals surface area contributed by atoms with Gasteiger partial charge in [0, 0.05) is 18.7 Å². The average molecular weight is 439 g/mol. The minimum Gasteiger partial charge on any atom is -0.301 e. The number of nitro benzene ring substituents is 1. The molecule has 3 heterocycles. The van der Waals surface area contributed by atoms with Gasteiger partial charge in [0.1, 0.15) is 10.3 Å². The number of aromatic nitrogens is 1. The summed E-state index contributed by atoms with van der Waals surface area (Å²) in [6.45, 7) is 0.282. The number of non-ortho nitro benzene ring substituents is 1. The van der Waals surface area contributed by atoms with Crippen LogP contribution in [0.2, 0.25) is 0 Å². The topological polar surface area (TPSA) is 123 Å². The number of benzene rings is 1. The third-order valence-corrected chi connectivity index (χ3v) is 8.61. The van der Waals surface area contributed by atoms with E-state index in [1.165, 1.54) is 33.8 Å². The van der Waals surface area contributed by atoms with Crippen LogP contribution in [-0.4, -0.2) is 41.1 Å². The average Bonchev–Trinajstić information content (AvgIpc) is 3.39. The van der Waals surface area contributed by atoms with Gasteiger partial charge < -0.3 is 5.32 Å². The molecule has 1 aromatic carbocycles. The van der Waals surface area contributed by atoms with Gasteiger partial charge >= 0.3 is 0 Å². The molecule has 0 aliphatic carbocycles. The number of nitrogens with one attached hydrogen (secondary N) is 1. The number of thiazole rings is 1. The second kappa shape index (κ2) is 7.20. The Hall–Kier alpha value is -2.41. The van der Waals surface area contributed by atoms with Crippen LogP contribution >= 0.6 is 22.7 Å². The van der Waals surface area contributed by atoms with Crippen molar-refractivity contribution in [3.8, 4) is 0 Å². The van der Waals surface area contributed by atoms with Gasteiger partial charge in [0.05, 0.1) is 15.1 Å². The van der Waals surface area contributed by atoms with Gasteiger partial charge in [-0.05, 0) is 30.4 Å². The van der Waals surface area contributed by atoms with Crippen molar-refractivity contribution in [2.45, 2.75) is 23.1 Å². The lowest BCUT2D eigenvalue weighted by molar-refractivity contribution is -0.384. The maximum atomic E-state index is 12.8. The van der Waals surface area contributed by atoms with E-state index in [-0.39, 0.29) is 21.6 Å². The molecule has 3 aromatic rings. The summed E-state index contributed by atoms with van der Waals surface area (Å²) in [6.07, 6.45) is 1.02. The molecule has 1 aliphatic heterocycles. The predicted octanol–water partition coefficient (Wildman–Crippen LogP) is 3.06. The Morgan fingerprint density at radius 2 is 2.18 bits per heavy atom. The number of hydrogen-bond donors (Lipinski definition) is 1. The summed E-state index contributed by atoms with van der Waals surface area (Å²) < 4.78 is 27.7. The molecule has 0 bridgehead atoms.